The van der Waals surface area contributed by atoms with Crippen molar-refractivity contribution in [2.75, 3.05) is 25.4 Å². The number of fused-ring (bicyclic) bond motifs is 1. The van der Waals surface area contributed by atoms with E-state index in [-0.39, 0.29) is 12.4 Å². The third-order valence-electron chi connectivity index (χ3n) is 3.94. The molecule has 0 amide bonds. The maximum atomic E-state index is 11.6. The van der Waals surface area contributed by atoms with Gasteiger partial charge >= 0.3 is 0 Å². The van der Waals surface area contributed by atoms with Gasteiger partial charge in [0.25, 0.3) is 0 Å². The second kappa shape index (κ2) is 5.34. The Morgan fingerprint density at radius 3 is 2.28 bits per heavy atom. The SMILES string of the molecule is Cl.O=P1(O)C[C@H]2CN(Cc3ccccc3)C[C@H]2C1. The summed E-state index contributed by atoms with van der Waals surface area (Å²) in [5.41, 5.74) is 1.33. The Morgan fingerprint density at radius 2 is 1.72 bits per heavy atom. The normalized spacial score (nSPS) is 35.2. The van der Waals surface area contributed by atoms with Gasteiger partial charge in [-0.1, -0.05) is 30.3 Å². The van der Waals surface area contributed by atoms with Gasteiger partial charge in [-0.15, -0.1) is 12.4 Å². The zero-order valence-corrected chi connectivity index (χ0v) is 11.9. The molecule has 1 N–H and O–H groups in total. The second-order valence-electron chi connectivity index (χ2n) is 5.41. The molecule has 2 aliphatic rings. The first kappa shape index (κ1) is 14.1. The quantitative estimate of drug-likeness (QED) is 0.850. The van der Waals surface area contributed by atoms with Crippen LogP contribution in [0.3, 0.4) is 0 Å². The van der Waals surface area contributed by atoms with Crippen LogP contribution in [0, 0.1) is 11.8 Å². The Balaban J connectivity index is 0.00000120. The van der Waals surface area contributed by atoms with E-state index < -0.39 is 7.37 Å². The van der Waals surface area contributed by atoms with Crippen molar-refractivity contribution < 1.29 is 9.46 Å². The summed E-state index contributed by atoms with van der Waals surface area (Å²) in [7, 11) is -2.76. The summed E-state index contributed by atoms with van der Waals surface area (Å²) >= 11 is 0. The third kappa shape index (κ3) is 2.97. The molecule has 2 fully saturated rings. The summed E-state index contributed by atoms with van der Waals surface area (Å²) in [6, 6.07) is 10.4. The zero-order valence-electron chi connectivity index (χ0n) is 10.2. The minimum absolute atomic E-state index is 0. The van der Waals surface area contributed by atoms with Gasteiger partial charge in [0.15, 0.2) is 0 Å². The number of rotatable bonds is 2. The van der Waals surface area contributed by atoms with E-state index in [2.05, 4.69) is 29.2 Å². The number of nitrogens with zero attached hydrogens (tertiary/aromatic N) is 1. The van der Waals surface area contributed by atoms with Gasteiger partial charge < -0.3 is 4.89 Å². The molecule has 3 atom stereocenters. The minimum Gasteiger partial charge on any atom is -0.344 e. The van der Waals surface area contributed by atoms with Crippen LogP contribution < -0.4 is 0 Å². The summed E-state index contributed by atoms with van der Waals surface area (Å²) in [6.07, 6.45) is 1.09. The van der Waals surface area contributed by atoms with Crippen LogP contribution in [0.25, 0.3) is 0 Å². The summed E-state index contributed by atoms with van der Waals surface area (Å²) < 4.78 is 11.6. The number of hydrogen-bond donors (Lipinski definition) is 1. The van der Waals surface area contributed by atoms with Crippen LogP contribution in [-0.2, 0) is 11.1 Å². The molecule has 3 nitrogen and oxygen atoms in total. The van der Waals surface area contributed by atoms with Gasteiger partial charge in [0.2, 0.25) is 7.37 Å². The fourth-order valence-corrected chi connectivity index (χ4v) is 5.67. The van der Waals surface area contributed by atoms with E-state index in [0.717, 1.165) is 19.6 Å². The molecule has 2 aliphatic heterocycles. The number of hydrogen-bond acceptors (Lipinski definition) is 2. The zero-order chi connectivity index (χ0) is 11.9. The molecule has 0 radical (unpaired) electrons. The average molecular weight is 288 g/mol. The van der Waals surface area contributed by atoms with Gasteiger partial charge in [0, 0.05) is 32.0 Å². The monoisotopic (exact) mass is 287 g/mol. The van der Waals surface area contributed by atoms with Gasteiger partial charge in [0.05, 0.1) is 0 Å². The van der Waals surface area contributed by atoms with Gasteiger partial charge in [0.1, 0.15) is 0 Å². The minimum atomic E-state index is -2.76. The molecule has 0 aromatic heterocycles. The van der Waals surface area contributed by atoms with E-state index in [0.29, 0.717) is 24.2 Å². The van der Waals surface area contributed by atoms with Gasteiger partial charge in [-0.25, -0.2) is 0 Å². The van der Waals surface area contributed by atoms with Crippen LogP contribution >= 0.6 is 19.8 Å². The fourth-order valence-electron chi connectivity index (χ4n) is 3.23. The van der Waals surface area contributed by atoms with E-state index in [1.165, 1.54) is 5.56 Å². The third-order valence-corrected chi connectivity index (χ3v) is 6.02. The molecular formula is C13H19ClNO2P. The van der Waals surface area contributed by atoms with E-state index in [1.807, 2.05) is 6.07 Å². The van der Waals surface area contributed by atoms with Crippen LogP contribution in [0.1, 0.15) is 5.56 Å². The molecular weight excluding hydrogens is 269 g/mol. The van der Waals surface area contributed by atoms with E-state index in [9.17, 15) is 9.46 Å². The molecule has 0 bridgehead atoms. The molecule has 0 aliphatic carbocycles. The Labute approximate surface area is 114 Å². The fraction of sp³-hybridized carbons (Fsp3) is 0.538. The maximum absolute atomic E-state index is 11.6. The van der Waals surface area contributed by atoms with Crippen LogP contribution in [0.5, 0.6) is 0 Å². The Bertz CT molecular complexity index is 436. The molecule has 0 saturated carbocycles. The number of halogens is 1. The highest BCUT2D eigenvalue weighted by atomic mass is 35.5. The average Bonchev–Trinajstić information content (AvgIpc) is 2.72. The number of likely N-dealkylation sites (tertiary alicyclic amines) is 1. The molecule has 5 heteroatoms. The standard InChI is InChI=1S/C13H18NO2P.ClH/c15-17(16)9-12-7-14(8-13(12)10-17)6-11-4-2-1-3-5-11;/h1-5,12-13H,6-10H2,(H,15,16);1H/t12-,13+;. The van der Waals surface area contributed by atoms with Gasteiger partial charge in [-0.05, 0) is 17.4 Å². The highest BCUT2D eigenvalue weighted by Gasteiger charge is 2.45. The van der Waals surface area contributed by atoms with Crippen LogP contribution in [0.2, 0.25) is 0 Å². The first-order valence-corrected chi connectivity index (χ1v) is 8.22. The molecule has 2 heterocycles. The van der Waals surface area contributed by atoms with E-state index >= 15 is 0 Å². The van der Waals surface area contributed by atoms with Crippen molar-refractivity contribution >= 4 is 19.8 Å². The summed E-state index contributed by atoms with van der Waals surface area (Å²) in [6.45, 7) is 2.96. The van der Waals surface area contributed by atoms with Crippen LogP contribution in [0.15, 0.2) is 30.3 Å². The summed E-state index contributed by atoms with van der Waals surface area (Å²) in [5, 5.41) is 0. The molecule has 1 aromatic rings. The lowest BCUT2D eigenvalue weighted by atomic mass is 10.0. The molecule has 1 unspecified atom stereocenters. The highest BCUT2D eigenvalue weighted by molar-refractivity contribution is 7.58. The summed E-state index contributed by atoms with van der Waals surface area (Å²) in [5.74, 6) is 0.907. The van der Waals surface area contributed by atoms with E-state index in [1.54, 1.807) is 0 Å². The molecule has 3 rings (SSSR count). The largest absolute Gasteiger partial charge is 0.344 e. The summed E-state index contributed by atoms with van der Waals surface area (Å²) in [4.78, 5) is 12.0. The first-order chi connectivity index (χ1) is 8.12. The Kier molecular flexibility index (Phi) is 4.18. The van der Waals surface area contributed by atoms with Crippen LogP contribution in [0.4, 0.5) is 0 Å². The molecule has 100 valence electrons. The van der Waals surface area contributed by atoms with Crippen molar-refractivity contribution in [1.29, 1.82) is 0 Å². The lowest BCUT2D eigenvalue weighted by Gasteiger charge is -2.17. The Morgan fingerprint density at radius 1 is 1.17 bits per heavy atom. The molecule has 18 heavy (non-hydrogen) atoms. The lowest BCUT2D eigenvalue weighted by Crippen LogP contribution is -2.21. The molecule has 1 aromatic carbocycles. The van der Waals surface area contributed by atoms with Crippen molar-refractivity contribution in [2.24, 2.45) is 11.8 Å². The van der Waals surface area contributed by atoms with Crippen molar-refractivity contribution in [3.63, 3.8) is 0 Å². The Hall–Kier alpha value is -0.340. The van der Waals surface area contributed by atoms with Crippen molar-refractivity contribution in [2.45, 2.75) is 6.54 Å². The molecule has 0 spiro atoms. The predicted molar refractivity (Wildman–Crippen MR) is 75.5 cm³/mol. The molecule has 2 saturated heterocycles. The first-order valence-electron chi connectivity index (χ1n) is 6.19. The van der Waals surface area contributed by atoms with Crippen LogP contribution in [-0.4, -0.2) is 35.2 Å². The second-order valence-corrected chi connectivity index (χ2v) is 7.83. The van der Waals surface area contributed by atoms with E-state index in [4.69, 9.17) is 0 Å². The van der Waals surface area contributed by atoms with Crippen molar-refractivity contribution in [3.05, 3.63) is 35.9 Å². The lowest BCUT2D eigenvalue weighted by molar-refractivity contribution is 0.313. The maximum Gasteiger partial charge on any atom is 0.201 e. The topological polar surface area (TPSA) is 40.5 Å². The smallest absolute Gasteiger partial charge is 0.201 e. The predicted octanol–water partition coefficient (Wildman–Crippen LogP) is 2.44. The van der Waals surface area contributed by atoms with Gasteiger partial charge in [-0.2, -0.15) is 0 Å². The van der Waals surface area contributed by atoms with Gasteiger partial charge in [-0.3, -0.25) is 9.46 Å². The van der Waals surface area contributed by atoms with Crippen molar-refractivity contribution in [3.8, 4) is 0 Å². The highest BCUT2D eigenvalue weighted by Crippen LogP contribution is 2.55. The number of benzene rings is 1. The van der Waals surface area contributed by atoms with Crippen molar-refractivity contribution in [1.82, 2.24) is 4.90 Å².